The lowest BCUT2D eigenvalue weighted by Crippen LogP contribution is -2.05. The summed E-state index contributed by atoms with van der Waals surface area (Å²) in [5.41, 5.74) is 7.61. The van der Waals surface area contributed by atoms with Crippen molar-refractivity contribution in [2.75, 3.05) is 20.3 Å². The highest BCUT2D eigenvalue weighted by Crippen LogP contribution is 2.33. The molecule has 0 radical (unpaired) electrons. The van der Waals surface area contributed by atoms with Gasteiger partial charge in [0.05, 0.1) is 24.0 Å². The summed E-state index contributed by atoms with van der Waals surface area (Å²) in [4.78, 5) is 8.59. The van der Waals surface area contributed by atoms with Gasteiger partial charge in [0.15, 0.2) is 0 Å². The van der Waals surface area contributed by atoms with Crippen LogP contribution >= 0.6 is 27.5 Å². The molecule has 7 heteroatoms. The van der Waals surface area contributed by atoms with Crippen molar-refractivity contribution < 1.29 is 9.47 Å². The number of aromatic nitrogens is 2. The van der Waals surface area contributed by atoms with Gasteiger partial charge in [-0.25, -0.2) is 4.98 Å². The van der Waals surface area contributed by atoms with Crippen LogP contribution in [-0.2, 0) is 11.3 Å². The average molecular weight is 415 g/mol. The third-order valence-corrected chi connectivity index (χ3v) is 4.80. The van der Waals surface area contributed by atoms with E-state index in [1.807, 2.05) is 18.2 Å². The fraction of sp³-hybridized carbons (Fsp3) is 0.412. The molecule has 24 heavy (non-hydrogen) atoms. The van der Waals surface area contributed by atoms with Crippen LogP contribution in [0, 0.1) is 0 Å². The van der Waals surface area contributed by atoms with Crippen LogP contribution in [0.15, 0.2) is 28.9 Å². The lowest BCUT2D eigenvalue weighted by atomic mass is 10.1. The number of nitrogens with zero attached hydrogens (tertiary/aromatic N) is 2. The second kappa shape index (κ2) is 9.93. The summed E-state index contributed by atoms with van der Waals surface area (Å²) in [6.07, 6.45) is 5.57. The third kappa shape index (κ3) is 5.14. The van der Waals surface area contributed by atoms with E-state index in [1.54, 1.807) is 6.20 Å². The predicted molar refractivity (Wildman–Crippen MR) is 99.3 cm³/mol. The standard InChI is InChI=1S/C12H11BrClN3O.C5H10O/c1-18-12-9(5-15)16-6-10(17-12)7-3-2-4-8(13)11(7)14;1-2-4-6-5-3-1/h2-4,6H,5,15H2,1H3;1-5H2. The van der Waals surface area contributed by atoms with Gasteiger partial charge < -0.3 is 15.2 Å². The molecule has 3 rings (SSSR count). The van der Waals surface area contributed by atoms with Crippen molar-refractivity contribution in [3.05, 3.63) is 39.6 Å². The Morgan fingerprint density at radius 3 is 2.58 bits per heavy atom. The number of halogens is 2. The second-order valence-electron chi connectivity index (χ2n) is 5.19. The van der Waals surface area contributed by atoms with Crippen molar-refractivity contribution in [1.29, 1.82) is 0 Å². The Bertz CT molecular complexity index is 655. The summed E-state index contributed by atoms with van der Waals surface area (Å²) >= 11 is 9.59. The molecular formula is C17H21BrClN3O2. The highest BCUT2D eigenvalue weighted by Gasteiger charge is 2.12. The lowest BCUT2D eigenvalue weighted by Gasteiger charge is -2.09. The van der Waals surface area contributed by atoms with E-state index in [0.29, 0.717) is 22.3 Å². The summed E-state index contributed by atoms with van der Waals surface area (Å²) < 4.78 is 11.0. The number of methoxy groups -OCH3 is 1. The topological polar surface area (TPSA) is 70.3 Å². The molecule has 1 aromatic heterocycles. The highest BCUT2D eigenvalue weighted by atomic mass is 79.9. The Morgan fingerprint density at radius 1 is 1.29 bits per heavy atom. The fourth-order valence-electron chi connectivity index (χ4n) is 2.22. The third-order valence-electron chi connectivity index (χ3n) is 3.50. The molecule has 2 heterocycles. The molecule has 1 saturated heterocycles. The summed E-state index contributed by atoms with van der Waals surface area (Å²) in [6.45, 7) is 2.28. The Balaban J connectivity index is 0.000000292. The van der Waals surface area contributed by atoms with E-state index in [1.165, 1.54) is 26.4 Å². The Labute approximate surface area is 155 Å². The van der Waals surface area contributed by atoms with Crippen LogP contribution in [-0.4, -0.2) is 30.3 Å². The van der Waals surface area contributed by atoms with Gasteiger partial charge >= 0.3 is 0 Å². The zero-order chi connectivity index (χ0) is 17.4. The van der Waals surface area contributed by atoms with E-state index in [2.05, 4.69) is 25.9 Å². The number of hydrogen-bond donors (Lipinski definition) is 1. The molecule has 0 saturated carbocycles. The van der Waals surface area contributed by atoms with Gasteiger partial charge in [0.25, 0.3) is 0 Å². The molecule has 2 N–H and O–H groups in total. The molecule has 1 aromatic carbocycles. The molecule has 1 fully saturated rings. The maximum atomic E-state index is 6.22. The molecule has 0 spiro atoms. The molecule has 1 aliphatic rings. The normalized spacial score (nSPS) is 13.8. The molecule has 0 bridgehead atoms. The first-order valence-electron chi connectivity index (χ1n) is 7.79. The van der Waals surface area contributed by atoms with Gasteiger partial charge in [0.2, 0.25) is 5.88 Å². The predicted octanol–water partition coefficient (Wildman–Crippen LogP) is 4.21. The van der Waals surface area contributed by atoms with Crippen LogP contribution in [0.1, 0.15) is 25.0 Å². The zero-order valence-corrected chi connectivity index (χ0v) is 15.9. The van der Waals surface area contributed by atoms with Gasteiger partial charge in [0, 0.05) is 29.8 Å². The van der Waals surface area contributed by atoms with Crippen LogP contribution in [0.2, 0.25) is 5.02 Å². The number of rotatable bonds is 3. The Morgan fingerprint density at radius 2 is 2.04 bits per heavy atom. The quantitative estimate of drug-likeness (QED) is 0.814. The summed E-state index contributed by atoms with van der Waals surface area (Å²) in [5, 5.41) is 0.592. The van der Waals surface area contributed by atoms with Gasteiger partial charge in [-0.05, 0) is 41.3 Å². The van der Waals surface area contributed by atoms with Crippen LogP contribution in [0.4, 0.5) is 0 Å². The smallest absolute Gasteiger partial charge is 0.237 e. The van der Waals surface area contributed by atoms with Gasteiger partial charge in [-0.15, -0.1) is 0 Å². The first kappa shape index (κ1) is 19.1. The van der Waals surface area contributed by atoms with Gasteiger partial charge in [-0.1, -0.05) is 23.7 Å². The molecule has 0 amide bonds. The van der Waals surface area contributed by atoms with Crippen molar-refractivity contribution in [1.82, 2.24) is 9.97 Å². The first-order chi connectivity index (χ1) is 11.7. The molecule has 1 aliphatic heterocycles. The minimum atomic E-state index is 0.280. The molecule has 130 valence electrons. The largest absolute Gasteiger partial charge is 0.480 e. The van der Waals surface area contributed by atoms with E-state index in [0.717, 1.165) is 23.2 Å². The summed E-state index contributed by atoms with van der Waals surface area (Å²) in [5.74, 6) is 0.422. The summed E-state index contributed by atoms with van der Waals surface area (Å²) in [7, 11) is 1.54. The van der Waals surface area contributed by atoms with Crippen molar-refractivity contribution >= 4 is 27.5 Å². The van der Waals surface area contributed by atoms with Crippen LogP contribution in [0.5, 0.6) is 5.88 Å². The van der Waals surface area contributed by atoms with E-state index in [4.69, 9.17) is 26.8 Å². The number of benzene rings is 1. The maximum Gasteiger partial charge on any atom is 0.237 e. The van der Waals surface area contributed by atoms with Gasteiger partial charge in [-0.3, -0.25) is 4.98 Å². The van der Waals surface area contributed by atoms with Crippen molar-refractivity contribution in [3.8, 4) is 17.1 Å². The minimum absolute atomic E-state index is 0.280. The van der Waals surface area contributed by atoms with Crippen molar-refractivity contribution in [2.45, 2.75) is 25.8 Å². The number of ether oxygens (including phenoxy) is 2. The lowest BCUT2D eigenvalue weighted by molar-refractivity contribution is 0.0968. The average Bonchev–Trinajstić information content (AvgIpc) is 2.65. The SMILES string of the molecule is C1CCOCC1.COc1nc(-c2cccc(Br)c2Cl)cnc1CN. The zero-order valence-electron chi connectivity index (χ0n) is 13.6. The fourth-order valence-corrected chi connectivity index (χ4v) is 2.81. The Hall–Kier alpha value is -1.21. The highest BCUT2D eigenvalue weighted by molar-refractivity contribution is 9.10. The molecule has 2 aromatic rings. The minimum Gasteiger partial charge on any atom is -0.480 e. The van der Waals surface area contributed by atoms with Gasteiger partial charge in [0.1, 0.15) is 5.69 Å². The van der Waals surface area contributed by atoms with Crippen molar-refractivity contribution in [2.24, 2.45) is 5.73 Å². The van der Waals surface area contributed by atoms with E-state index >= 15 is 0 Å². The number of nitrogens with two attached hydrogens (primary N) is 1. The van der Waals surface area contributed by atoms with E-state index in [-0.39, 0.29) is 6.54 Å². The monoisotopic (exact) mass is 413 g/mol. The van der Waals surface area contributed by atoms with Crippen molar-refractivity contribution in [3.63, 3.8) is 0 Å². The first-order valence-corrected chi connectivity index (χ1v) is 8.96. The van der Waals surface area contributed by atoms with E-state index in [9.17, 15) is 0 Å². The molecular weight excluding hydrogens is 394 g/mol. The molecule has 0 atom stereocenters. The molecule has 5 nitrogen and oxygen atoms in total. The van der Waals surface area contributed by atoms with E-state index < -0.39 is 0 Å². The Kier molecular flexibility index (Phi) is 7.91. The molecule has 0 unspecified atom stereocenters. The van der Waals surface area contributed by atoms with Crippen LogP contribution < -0.4 is 10.5 Å². The van der Waals surface area contributed by atoms with Crippen LogP contribution in [0.3, 0.4) is 0 Å². The number of hydrogen-bond acceptors (Lipinski definition) is 5. The van der Waals surface area contributed by atoms with Crippen LogP contribution in [0.25, 0.3) is 11.3 Å². The molecule has 0 aliphatic carbocycles. The second-order valence-corrected chi connectivity index (χ2v) is 6.42. The maximum absolute atomic E-state index is 6.22. The van der Waals surface area contributed by atoms with Gasteiger partial charge in [-0.2, -0.15) is 0 Å². The summed E-state index contributed by atoms with van der Waals surface area (Å²) in [6, 6.07) is 5.62.